The first kappa shape index (κ1) is 15.2. The lowest BCUT2D eigenvalue weighted by Crippen LogP contribution is -2.91. The highest BCUT2D eigenvalue weighted by Gasteiger charge is 2.23. The number of hydrogen-bond acceptors (Lipinski definition) is 3. The van der Waals surface area contributed by atoms with Gasteiger partial charge < -0.3 is 25.3 Å². The lowest BCUT2D eigenvalue weighted by atomic mass is 9.96. The Bertz CT molecular complexity index is 243. The molecule has 0 aromatic heterocycles. The maximum absolute atomic E-state index is 10.0. The number of rotatable bonds is 1. The van der Waals surface area contributed by atoms with Crippen molar-refractivity contribution in [1.29, 1.82) is 0 Å². The first-order chi connectivity index (χ1) is 8.49. The Morgan fingerprint density at radius 2 is 2.00 bits per heavy atom. The topological polar surface area (TPSA) is 78.0 Å². The zero-order valence-corrected chi connectivity index (χ0v) is 11.5. The zero-order chi connectivity index (χ0) is 13.4. The lowest BCUT2D eigenvalue weighted by Gasteiger charge is -2.27. The maximum Gasteiger partial charge on any atom is 0.134 e. The number of amides is 1. The van der Waals surface area contributed by atoms with E-state index in [9.17, 15) is 9.90 Å². The van der Waals surface area contributed by atoms with Crippen molar-refractivity contribution >= 4 is 6.09 Å². The fourth-order valence-corrected chi connectivity index (χ4v) is 2.34. The van der Waals surface area contributed by atoms with Crippen LogP contribution >= 0.6 is 0 Å². The number of carboxylic acid groups (broad SMARTS) is 1. The molecule has 2 fully saturated rings. The van der Waals surface area contributed by atoms with Gasteiger partial charge in [0.25, 0.3) is 0 Å². The van der Waals surface area contributed by atoms with E-state index in [0.29, 0.717) is 0 Å². The monoisotopic (exact) mass is 258 g/mol. The van der Waals surface area contributed by atoms with Crippen molar-refractivity contribution in [1.82, 2.24) is 5.32 Å². The van der Waals surface area contributed by atoms with Crippen molar-refractivity contribution in [2.24, 2.45) is 0 Å². The third-order valence-electron chi connectivity index (χ3n) is 3.38. The Hall–Kier alpha value is -0.810. The summed E-state index contributed by atoms with van der Waals surface area (Å²) in [5.41, 5.74) is 0.123. The van der Waals surface area contributed by atoms with E-state index in [1.165, 1.54) is 6.42 Å². The first-order valence-corrected chi connectivity index (χ1v) is 6.93. The van der Waals surface area contributed by atoms with Crippen molar-refractivity contribution in [3.63, 3.8) is 0 Å². The van der Waals surface area contributed by atoms with Crippen LogP contribution in [0, 0.1) is 0 Å². The van der Waals surface area contributed by atoms with Gasteiger partial charge in [0.1, 0.15) is 18.2 Å². The molecule has 1 aliphatic heterocycles. The first-order valence-electron chi connectivity index (χ1n) is 6.93. The van der Waals surface area contributed by atoms with Gasteiger partial charge in [-0.1, -0.05) is 19.3 Å². The molecule has 106 valence electrons. The van der Waals surface area contributed by atoms with Crippen molar-refractivity contribution in [3.8, 4) is 0 Å². The Morgan fingerprint density at radius 1 is 1.33 bits per heavy atom. The number of carbonyl (C=O) groups excluding carboxylic acids is 1. The minimum atomic E-state index is -1.13. The Balaban J connectivity index is 0.000000184. The van der Waals surface area contributed by atoms with E-state index in [0.717, 1.165) is 45.4 Å². The van der Waals surface area contributed by atoms with E-state index in [-0.39, 0.29) is 11.6 Å². The highest BCUT2D eigenvalue weighted by Crippen LogP contribution is 2.16. The number of ether oxygens (including phenoxy) is 1. The van der Waals surface area contributed by atoms with Gasteiger partial charge in [0.05, 0.1) is 13.2 Å². The molecule has 5 heteroatoms. The van der Waals surface area contributed by atoms with Gasteiger partial charge in [0.15, 0.2) is 0 Å². The van der Waals surface area contributed by atoms with Gasteiger partial charge >= 0.3 is 0 Å². The second-order valence-corrected chi connectivity index (χ2v) is 5.66. The van der Waals surface area contributed by atoms with Gasteiger partial charge in [0, 0.05) is 6.04 Å². The highest BCUT2D eigenvalue weighted by atomic mass is 16.5. The summed E-state index contributed by atoms with van der Waals surface area (Å²) in [5.74, 6) is 0. The van der Waals surface area contributed by atoms with Crippen molar-refractivity contribution in [2.45, 2.75) is 57.6 Å². The van der Waals surface area contributed by atoms with Gasteiger partial charge in [-0.15, -0.1) is 0 Å². The molecule has 0 aromatic carbocycles. The van der Waals surface area contributed by atoms with E-state index < -0.39 is 6.09 Å². The van der Waals surface area contributed by atoms with Crippen LogP contribution in [0.4, 0.5) is 4.79 Å². The van der Waals surface area contributed by atoms with Crippen LogP contribution in [0.1, 0.15) is 46.0 Å². The van der Waals surface area contributed by atoms with Gasteiger partial charge in [-0.25, -0.2) is 0 Å². The van der Waals surface area contributed by atoms with E-state index in [1.54, 1.807) is 0 Å². The Kier molecular flexibility index (Phi) is 6.43. The normalized spacial score (nSPS) is 23.7. The summed E-state index contributed by atoms with van der Waals surface area (Å²) >= 11 is 0. The summed E-state index contributed by atoms with van der Waals surface area (Å²) in [4.78, 5) is 10.0. The maximum atomic E-state index is 10.0. The summed E-state index contributed by atoms with van der Waals surface area (Å²) in [6, 6.07) is 0.166. The van der Waals surface area contributed by atoms with E-state index in [2.05, 4.69) is 24.5 Å². The lowest BCUT2D eigenvalue weighted by molar-refractivity contribution is -0.684. The van der Waals surface area contributed by atoms with Gasteiger partial charge in [-0.05, 0) is 26.7 Å². The molecule has 0 spiro atoms. The molecule has 1 saturated heterocycles. The van der Waals surface area contributed by atoms with Gasteiger partial charge in [0.2, 0.25) is 0 Å². The molecular formula is C13H26N2O3. The average molecular weight is 258 g/mol. The van der Waals surface area contributed by atoms with Gasteiger partial charge in [-0.3, -0.25) is 0 Å². The summed E-state index contributed by atoms with van der Waals surface area (Å²) in [6.07, 6.45) is 4.36. The van der Waals surface area contributed by atoms with E-state index in [1.807, 2.05) is 0 Å². The summed E-state index contributed by atoms with van der Waals surface area (Å²) in [6.45, 7) is 7.40. The Morgan fingerprint density at radius 3 is 2.39 bits per heavy atom. The van der Waals surface area contributed by atoms with Crippen LogP contribution in [-0.2, 0) is 4.74 Å². The molecular weight excluding hydrogens is 232 g/mol. The van der Waals surface area contributed by atoms with Crippen LogP contribution in [0.5, 0.6) is 0 Å². The molecule has 0 atom stereocenters. The number of nitrogens with one attached hydrogen (secondary N) is 1. The fourth-order valence-electron chi connectivity index (χ4n) is 2.34. The molecule has 3 N–H and O–H groups in total. The number of morpholine rings is 1. The van der Waals surface area contributed by atoms with Crippen molar-refractivity contribution in [2.75, 3.05) is 19.7 Å². The SMILES string of the molecule is CC1(C)C[NH2+]CCO1.O=C([O-])NC1CCCCC1. The Labute approximate surface area is 109 Å². The summed E-state index contributed by atoms with van der Waals surface area (Å²) in [5, 5.41) is 14.7. The molecule has 1 aliphatic carbocycles. The second kappa shape index (κ2) is 7.59. The largest absolute Gasteiger partial charge is 0.530 e. The van der Waals surface area contributed by atoms with E-state index >= 15 is 0 Å². The highest BCUT2D eigenvalue weighted by molar-refractivity contribution is 5.62. The number of carbonyl (C=O) groups is 1. The van der Waals surface area contributed by atoms with E-state index in [4.69, 9.17) is 4.74 Å². The van der Waals surface area contributed by atoms with Gasteiger partial charge in [-0.2, -0.15) is 0 Å². The predicted octanol–water partition coefficient (Wildman–Crippen LogP) is -0.389. The number of nitrogens with two attached hydrogens (primary N) is 1. The van der Waals surface area contributed by atoms with Crippen LogP contribution in [0.15, 0.2) is 0 Å². The molecule has 2 rings (SSSR count). The smallest absolute Gasteiger partial charge is 0.134 e. The van der Waals surface area contributed by atoms with Crippen LogP contribution in [0.3, 0.4) is 0 Å². The zero-order valence-electron chi connectivity index (χ0n) is 11.5. The third kappa shape index (κ3) is 6.81. The summed E-state index contributed by atoms with van der Waals surface area (Å²) < 4.78 is 5.43. The number of quaternary nitrogens is 1. The molecule has 0 bridgehead atoms. The van der Waals surface area contributed by atoms with Crippen molar-refractivity contribution < 1.29 is 20.0 Å². The molecule has 0 aromatic rings. The standard InChI is InChI=1S/C7H13NO2.C6H13NO/c9-7(10)8-6-4-2-1-3-5-6;1-6(2)5-7-3-4-8-6/h6,8H,1-5H2,(H,9,10);7H,3-5H2,1-2H3. The molecule has 1 heterocycles. The van der Waals surface area contributed by atoms with Crippen LogP contribution < -0.4 is 15.7 Å². The molecule has 0 unspecified atom stereocenters. The fraction of sp³-hybridized carbons (Fsp3) is 0.923. The van der Waals surface area contributed by atoms with Crippen molar-refractivity contribution in [3.05, 3.63) is 0 Å². The minimum absolute atomic E-state index is 0.123. The third-order valence-corrected chi connectivity index (χ3v) is 3.38. The second-order valence-electron chi connectivity index (χ2n) is 5.66. The minimum Gasteiger partial charge on any atom is -0.530 e. The summed E-state index contributed by atoms with van der Waals surface area (Å²) in [7, 11) is 0. The predicted molar refractivity (Wildman–Crippen MR) is 67.1 cm³/mol. The average Bonchev–Trinajstić information content (AvgIpc) is 2.30. The molecule has 18 heavy (non-hydrogen) atoms. The molecule has 0 radical (unpaired) electrons. The molecule has 2 aliphatic rings. The quantitative estimate of drug-likeness (QED) is 0.672. The molecule has 1 amide bonds. The van der Waals surface area contributed by atoms with Crippen LogP contribution in [-0.4, -0.2) is 37.4 Å². The molecule has 1 saturated carbocycles. The van der Waals surface area contributed by atoms with Crippen LogP contribution in [0.2, 0.25) is 0 Å². The molecule has 5 nitrogen and oxygen atoms in total. The number of hydrogen-bond donors (Lipinski definition) is 2. The van der Waals surface area contributed by atoms with Crippen LogP contribution in [0.25, 0.3) is 0 Å².